The molecule has 0 heterocycles. The smallest absolute Gasteiger partial charge is 0.373 e. The highest BCUT2D eigenvalue weighted by Gasteiger charge is 2.80. The third-order valence-corrected chi connectivity index (χ3v) is 4.49. The summed E-state index contributed by atoms with van der Waals surface area (Å²) < 4.78 is 218. The average Bonchev–Trinajstić information content (AvgIpc) is 2.71. The van der Waals surface area contributed by atoms with Gasteiger partial charge in [0.25, 0.3) is 0 Å². The SMILES string of the molecule is OC(c1c(F)c(F)c(F)c(F)c1F)(C(F)(F)F)C(O)(c1c(F)c(F)c(F)c(F)c1F)C(F)(F)F. The van der Waals surface area contributed by atoms with Gasteiger partial charge in [0.2, 0.25) is 22.8 Å². The minimum absolute atomic E-state index is 3.30. The third-order valence-electron chi connectivity index (χ3n) is 4.49. The molecule has 0 aliphatic rings. The Balaban J connectivity index is 3.35. The van der Waals surface area contributed by atoms with E-state index in [1.54, 1.807) is 0 Å². The Morgan fingerprint density at radius 3 is 0.618 bits per heavy atom. The van der Waals surface area contributed by atoms with Gasteiger partial charge < -0.3 is 10.2 Å². The van der Waals surface area contributed by atoms with Crippen molar-refractivity contribution in [3.8, 4) is 0 Å². The predicted octanol–water partition coefficient (Wildman–Crippen LogP) is 5.28. The van der Waals surface area contributed by atoms with Crippen molar-refractivity contribution < 1.29 is 80.5 Å². The summed E-state index contributed by atoms with van der Waals surface area (Å²) in [5.74, 6) is -36.0. The number of alkyl halides is 6. The number of rotatable bonds is 3. The Labute approximate surface area is 174 Å². The maximum Gasteiger partial charge on any atom is 0.425 e. The van der Waals surface area contributed by atoms with Crippen LogP contribution in [0, 0.1) is 58.2 Å². The van der Waals surface area contributed by atoms with E-state index in [0.717, 1.165) is 0 Å². The van der Waals surface area contributed by atoms with Gasteiger partial charge in [0.15, 0.2) is 46.5 Å². The van der Waals surface area contributed by atoms with Crippen molar-refractivity contribution in [3.05, 3.63) is 69.3 Å². The van der Waals surface area contributed by atoms with E-state index < -0.39 is 92.9 Å². The number of aliphatic hydroxyl groups is 2. The number of hydrogen-bond donors (Lipinski definition) is 2. The van der Waals surface area contributed by atoms with Crippen molar-refractivity contribution in [3.63, 3.8) is 0 Å². The predicted molar refractivity (Wildman–Crippen MR) is 72.4 cm³/mol. The molecule has 0 amide bonds. The molecule has 2 aromatic carbocycles. The van der Waals surface area contributed by atoms with E-state index in [2.05, 4.69) is 0 Å². The van der Waals surface area contributed by atoms with Crippen molar-refractivity contribution >= 4 is 0 Å². The van der Waals surface area contributed by atoms with E-state index in [1.807, 2.05) is 0 Å². The molecule has 0 saturated carbocycles. The molecule has 2 rings (SSSR count). The fraction of sp³-hybridized carbons (Fsp3) is 0.250. The second-order valence-electron chi connectivity index (χ2n) is 6.31. The second-order valence-corrected chi connectivity index (χ2v) is 6.31. The van der Waals surface area contributed by atoms with E-state index in [-0.39, 0.29) is 0 Å². The van der Waals surface area contributed by atoms with Gasteiger partial charge in [-0.25, -0.2) is 43.9 Å². The Bertz CT molecular complexity index is 1020. The van der Waals surface area contributed by atoms with Gasteiger partial charge in [0.05, 0.1) is 11.1 Å². The van der Waals surface area contributed by atoms with E-state index in [9.17, 15) is 80.5 Å². The molecular weight excluding hydrogens is 528 g/mol. The zero-order valence-electron chi connectivity index (χ0n) is 14.9. The van der Waals surface area contributed by atoms with Gasteiger partial charge in [0, 0.05) is 0 Å². The maximum atomic E-state index is 14.0. The molecule has 0 radical (unpaired) electrons. The highest BCUT2D eigenvalue weighted by atomic mass is 19.4. The molecule has 190 valence electrons. The lowest BCUT2D eigenvalue weighted by molar-refractivity contribution is -0.401. The zero-order chi connectivity index (χ0) is 26.9. The van der Waals surface area contributed by atoms with Crippen LogP contribution in [-0.4, -0.2) is 22.6 Å². The molecule has 0 bridgehead atoms. The van der Waals surface area contributed by atoms with Gasteiger partial charge >= 0.3 is 12.4 Å². The largest absolute Gasteiger partial charge is 0.425 e. The molecule has 0 aliphatic heterocycles. The molecular formula is C16H2F16O2. The van der Waals surface area contributed by atoms with Crippen LogP contribution in [0.5, 0.6) is 0 Å². The first kappa shape index (κ1) is 27.5. The van der Waals surface area contributed by atoms with Crippen molar-refractivity contribution in [2.24, 2.45) is 0 Å². The molecule has 2 aromatic rings. The standard InChI is InChI=1S/C16H2F16O2/c17-3-1(4(18)8(22)11(25)7(3)21)13(33,15(27,28)29)14(34,16(30,31)32)2-5(19)9(23)12(26)10(24)6(2)20/h33-34H. The van der Waals surface area contributed by atoms with Crippen LogP contribution in [0.25, 0.3) is 0 Å². The highest BCUT2D eigenvalue weighted by molar-refractivity contribution is 5.42. The van der Waals surface area contributed by atoms with E-state index in [0.29, 0.717) is 0 Å². The van der Waals surface area contributed by atoms with Crippen molar-refractivity contribution in [2.45, 2.75) is 23.6 Å². The molecule has 0 aromatic heterocycles. The van der Waals surface area contributed by atoms with Crippen LogP contribution in [0.4, 0.5) is 70.2 Å². The Morgan fingerprint density at radius 2 is 0.471 bits per heavy atom. The topological polar surface area (TPSA) is 40.5 Å². The number of benzene rings is 2. The zero-order valence-corrected chi connectivity index (χ0v) is 14.9. The highest BCUT2D eigenvalue weighted by Crippen LogP contribution is 2.60. The van der Waals surface area contributed by atoms with Crippen molar-refractivity contribution in [2.75, 3.05) is 0 Å². The lowest BCUT2D eigenvalue weighted by Crippen LogP contribution is -2.66. The Hall–Kier alpha value is -2.76. The minimum atomic E-state index is -7.49. The number of hydrogen-bond acceptors (Lipinski definition) is 2. The normalized spacial score (nSPS) is 16.4. The first-order chi connectivity index (χ1) is 15.1. The molecule has 0 saturated heterocycles. The molecule has 2 atom stereocenters. The fourth-order valence-corrected chi connectivity index (χ4v) is 2.90. The third kappa shape index (κ3) is 3.29. The summed E-state index contributed by atoms with van der Waals surface area (Å²) in [6.07, 6.45) is -15.0. The number of halogens is 16. The van der Waals surface area contributed by atoms with Crippen LogP contribution < -0.4 is 0 Å². The summed E-state index contributed by atoms with van der Waals surface area (Å²) in [6, 6.07) is 0. The van der Waals surface area contributed by atoms with Crippen LogP contribution in [0.3, 0.4) is 0 Å². The quantitative estimate of drug-likeness (QED) is 0.323. The molecule has 0 aliphatic carbocycles. The van der Waals surface area contributed by atoms with E-state index in [4.69, 9.17) is 0 Å². The molecule has 18 heteroatoms. The van der Waals surface area contributed by atoms with Gasteiger partial charge in [-0.15, -0.1) is 0 Å². The Morgan fingerprint density at radius 1 is 0.324 bits per heavy atom. The summed E-state index contributed by atoms with van der Waals surface area (Å²) >= 11 is 0. The first-order valence-corrected chi connectivity index (χ1v) is 7.72. The first-order valence-electron chi connectivity index (χ1n) is 7.72. The fourth-order valence-electron chi connectivity index (χ4n) is 2.90. The average molecular weight is 530 g/mol. The van der Waals surface area contributed by atoms with Crippen molar-refractivity contribution in [1.29, 1.82) is 0 Å². The molecule has 2 nitrogen and oxygen atoms in total. The summed E-state index contributed by atoms with van der Waals surface area (Å²) in [6.45, 7) is 0. The summed E-state index contributed by atoms with van der Waals surface area (Å²) in [4.78, 5) is 0. The maximum absolute atomic E-state index is 14.0. The Kier molecular flexibility index (Phi) is 6.38. The van der Waals surface area contributed by atoms with Gasteiger partial charge in [0.1, 0.15) is 0 Å². The molecule has 2 unspecified atom stereocenters. The van der Waals surface area contributed by atoms with E-state index in [1.165, 1.54) is 0 Å². The van der Waals surface area contributed by atoms with Gasteiger partial charge in [-0.2, -0.15) is 26.3 Å². The summed E-state index contributed by atoms with van der Waals surface area (Å²) in [5.41, 5.74) is -22.0. The summed E-state index contributed by atoms with van der Waals surface area (Å²) in [5, 5.41) is 19.7. The van der Waals surface area contributed by atoms with Crippen LogP contribution in [0.2, 0.25) is 0 Å². The lowest BCUT2D eigenvalue weighted by atomic mass is 9.71. The monoisotopic (exact) mass is 530 g/mol. The van der Waals surface area contributed by atoms with Crippen LogP contribution >= 0.6 is 0 Å². The molecule has 2 N–H and O–H groups in total. The molecule has 0 fully saturated rings. The van der Waals surface area contributed by atoms with Crippen LogP contribution in [0.1, 0.15) is 11.1 Å². The molecule has 0 spiro atoms. The lowest BCUT2D eigenvalue weighted by Gasteiger charge is -2.45. The minimum Gasteiger partial charge on any atom is -0.373 e. The van der Waals surface area contributed by atoms with Crippen LogP contribution in [-0.2, 0) is 11.2 Å². The second kappa shape index (κ2) is 7.89. The van der Waals surface area contributed by atoms with Crippen molar-refractivity contribution in [1.82, 2.24) is 0 Å². The van der Waals surface area contributed by atoms with Gasteiger partial charge in [-0.05, 0) is 0 Å². The van der Waals surface area contributed by atoms with Gasteiger partial charge in [-0.1, -0.05) is 0 Å². The van der Waals surface area contributed by atoms with E-state index >= 15 is 0 Å². The molecule has 34 heavy (non-hydrogen) atoms. The summed E-state index contributed by atoms with van der Waals surface area (Å²) in [7, 11) is 0. The van der Waals surface area contributed by atoms with Gasteiger partial charge in [-0.3, -0.25) is 0 Å². The van der Waals surface area contributed by atoms with Crippen LogP contribution in [0.15, 0.2) is 0 Å².